The summed E-state index contributed by atoms with van der Waals surface area (Å²) in [7, 11) is 6.18. The predicted octanol–water partition coefficient (Wildman–Crippen LogP) is 6.18. The first kappa shape index (κ1) is 23.2. The normalized spacial score (nSPS) is 11.2. The molecule has 0 saturated heterocycles. The van der Waals surface area contributed by atoms with E-state index in [1.165, 1.54) is 0 Å². The molecule has 1 amide bonds. The molecule has 1 heterocycles. The van der Waals surface area contributed by atoms with Gasteiger partial charge >= 0.3 is 0 Å². The molecule has 0 fully saturated rings. The number of halogens is 1. The number of thiazole rings is 1. The fourth-order valence-electron chi connectivity index (χ4n) is 3.46. The zero-order chi connectivity index (χ0) is 23.5. The van der Waals surface area contributed by atoms with Crippen molar-refractivity contribution >= 4 is 49.9 Å². The number of hydrogen-bond acceptors (Lipinski definition) is 5. The Labute approximate surface area is 203 Å². The van der Waals surface area contributed by atoms with Crippen LogP contribution in [-0.4, -0.2) is 50.0 Å². The molecule has 0 aliphatic heterocycles. The van der Waals surface area contributed by atoms with Gasteiger partial charge in [0, 0.05) is 42.0 Å². The van der Waals surface area contributed by atoms with Crippen LogP contribution < -0.4 is 10.2 Å². The molecule has 4 aromatic rings. The molecule has 0 unspecified atom stereocenters. The van der Waals surface area contributed by atoms with E-state index < -0.39 is 0 Å². The molecule has 0 saturated carbocycles. The van der Waals surface area contributed by atoms with Crippen LogP contribution in [-0.2, 0) is 0 Å². The second-order valence-electron chi connectivity index (χ2n) is 8.42. The number of anilines is 2. The molecule has 33 heavy (non-hydrogen) atoms. The van der Waals surface area contributed by atoms with Crippen molar-refractivity contribution in [2.45, 2.75) is 6.92 Å². The van der Waals surface area contributed by atoms with Gasteiger partial charge in [-0.25, -0.2) is 4.98 Å². The molecule has 1 N–H and O–H groups in total. The number of fused-ring (bicyclic) bond motifs is 1. The molecule has 0 bridgehead atoms. The van der Waals surface area contributed by atoms with Gasteiger partial charge in [0.1, 0.15) is 0 Å². The van der Waals surface area contributed by atoms with Crippen molar-refractivity contribution in [1.82, 2.24) is 9.88 Å². The summed E-state index contributed by atoms with van der Waals surface area (Å²) >= 11 is 8.01. The van der Waals surface area contributed by atoms with Gasteiger partial charge in [-0.1, -0.05) is 47.2 Å². The molecule has 5 nitrogen and oxygen atoms in total. The van der Waals surface area contributed by atoms with Gasteiger partial charge < -0.3 is 15.1 Å². The number of carbonyl (C=O) groups excluding carboxylic acids is 1. The van der Waals surface area contributed by atoms with Gasteiger partial charge in [-0.15, -0.1) is 0 Å². The first-order chi connectivity index (χ1) is 15.8. The summed E-state index contributed by atoms with van der Waals surface area (Å²) in [4.78, 5) is 21.8. The number of rotatable bonds is 7. The largest absolute Gasteiger partial charge is 0.350 e. The highest BCUT2D eigenvalue weighted by Crippen LogP contribution is 2.31. The number of nitrogens with zero attached hydrogens (tertiary/aromatic N) is 3. The fraction of sp³-hybridized carbons (Fsp3) is 0.231. The Balaban J connectivity index is 1.47. The number of likely N-dealkylation sites (N-methyl/N-ethyl adjacent to an activating group) is 2. The van der Waals surface area contributed by atoms with Crippen LogP contribution in [0.25, 0.3) is 21.3 Å². The van der Waals surface area contributed by atoms with Crippen LogP contribution in [0.4, 0.5) is 10.8 Å². The Morgan fingerprint density at radius 3 is 2.45 bits per heavy atom. The second kappa shape index (κ2) is 9.91. The van der Waals surface area contributed by atoms with Crippen LogP contribution in [0.3, 0.4) is 0 Å². The van der Waals surface area contributed by atoms with E-state index in [4.69, 9.17) is 16.6 Å². The fourth-order valence-corrected chi connectivity index (χ4v) is 4.79. The second-order valence-corrected chi connectivity index (χ2v) is 9.83. The highest BCUT2D eigenvalue weighted by Gasteiger charge is 2.12. The van der Waals surface area contributed by atoms with Gasteiger partial charge in [-0.2, -0.15) is 0 Å². The van der Waals surface area contributed by atoms with Gasteiger partial charge in [0.15, 0.2) is 5.13 Å². The third kappa shape index (κ3) is 5.53. The maximum atomic E-state index is 12.8. The zero-order valence-electron chi connectivity index (χ0n) is 19.2. The minimum absolute atomic E-state index is 0.149. The number of aryl methyl sites for hydroxylation is 1. The smallest absolute Gasteiger partial charge is 0.255 e. The van der Waals surface area contributed by atoms with Crippen molar-refractivity contribution in [3.8, 4) is 11.1 Å². The number of carbonyl (C=O) groups is 1. The molecule has 0 atom stereocenters. The van der Waals surface area contributed by atoms with Crippen LogP contribution >= 0.6 is 22.9 Å². The van der Waals surface area contributed by atoms with E-state index in [2.05, 4.69) is 36.3 Å². The summed E-state index contributed by atoms with van der Waals surface area (Å²) in [6.07, 6.45) is 0. The Bertz CT molecular complexity index is 1280. The lowest BCUT2D eigenvalue weighted by Gasteiger charge is -2.18. The Kier molecular flexibility index (Phi) is 6.98. The summed E-state index contributed by atoms with van der Waals surface area (Å²) < 4.78 is 1.05. The average molecular weight is 479 g/mol. The molecule has 7 heteroatoms. The SMILES string of the molecule is Cc1ccc(-c2ccc(C(=O)Nc3ccc4nc(N(C)CCN(C)C)sc4c3)cc2)c(Cl)c1. The van der Waals surface area contributed by atoms with E-state index >= 15 is 0 Å². The summed E-state index contributed by atoms with van der Waals surface area (Å²) in [5.74, 6) is -0.149. The van der Waals surface area contributed by atoms with Crippen molar-refractivity contribution in [2.24, 2.45) is 0 Å². The van der Waals surface area contributed by atoms with Crippen LogP contribution in [0.15, 0.2) is 60.7 Å². The minimum atomic E-state index is -0.149. The Hall–Kier alpha value is -2.93. The molecular formula is C26H27ClN4OS. The molecule has 170 valence electrons. The molecule has 0 radical (unpaired) electrons. The number of hydrogen-bond donors (Lipinski definition) is 1. The lowest BCUT2D eigenvalue weighted by Crippen LogP contribution is -2.28. The topological polar surface area (TPSA) is 48.5 Å². The van der Waals surface area contributed by atoms with Gasteiger partial charge in [0.05, 0.1) is 10.2 Å². The monoisotopic (exact) mass is 478 g/mol. The first-order valence-electron chi connectivity index (χ1n) is 10.7. The third-order valence-electron chi connectivity index (χ3n) is 5.43. The standard InChI is InChI=1S/C26H27ClN4OS/c1-17-5-11-21(22(27)15-17)18-6-8-19(9-7-18)25(32)28-20-10-12-23-24(16-20)33-26(29-23)31(4)14-13-30(2)3/h5-12,15-16H,13-14H2,1-4H3,(H,28,32). The van der Waals surface area contributed by atoms with Gasteiger partial charge in [0.2, 0.25) is 0 Å². The van der Waals surface area contributed by atoms with Gasteiger partial charge in [-0.3, -0.25) is 4.79 Å². The van der Waals surface area contributed by atoms with Gasteiger partial charge in [-0.05, 0) is 68.5 Å². The summed E-state index contributed by atoms with van der Waals surface area (Å²) in [6.45, 7) is 3.87. The Morgan fingerprint density at radius 1 is 1.00 bits per heavy atom. The van der Waals surface area contributed by atoms with Crippen molar-refractivity contribution in [3.63, 3.8) is 0 Å². The van der Waals surface area contributed by atoms with E-state index in [9.17, 15) is 4.79 Å². The molecule has 4 rings (SSSR count). The number of benzene rings is 3. The average Bonchev–Trinajstić information content (AvgIpc) is 3.21. The predicted molar refractivity (Wildman–Crippen MR) is 141 cm³/mol. The summed E-state index contributed by atoms with van der Waals surface area (Å²) in [6, 6.07) is 19.3. The number of amides is 1. The highest BCUT2D eigenvalue weighted by molar-refractivity contribution is 7.22. The highest BCUT2D eigenvalue weighted by atomic mass is 35.5. The maximum Gasteiger partial charge on any atom is 0.255 e. The first-order valence-corrected chi connectivity index (χ1v) is 11.9. The van der Waals surface area contributed by atoms with E-state index in [1.807, 2.05) is 67.6 Å². The quantitative estimate of drug-likeness (QED) is 0.345. The van der Waals surface area contributed by atoms with E-state index in [-0.39, 0.29) is 5.91 Å². The van der Waals surface area contributed by atoms with Crippen LogP contribution in [0, 0.1) is 6.92 Å². The third-order valence-corrected chi connectivity index (χ3v) is 6.87. The van der Waals surface area contributed by atoms with Crippen molar-refractivity contribution in [3.05, 3.63) is 76.8 Å². The maximum absolute atomic E-state index is 12.8. The molecule has 1 aromatic heterocycles. The van der Waals surface area contributed by atoms with E-state index in [1.54, 1.807) is 11.3 Å². The molecule has 0 aliphatic rings. The van der Waals surface area contributed by atoms with E-state index in [0.29, 0.717) is 10.6 Å². The van der Waals surface area contributed by atoms with Crippen molar-refractivity contribution in [2.75, 3.05) is 44.4 Å². The minimum Gasteiger partial charge on any atom is -0.350 e. The van der Waals surface area contributed by atoms with Crippen LogP contribution in [0.1, 0.15) is 15.9 Å². The lowest BCUT2D eigenvalue weighted by atomic mass is 10.0. The van der Waals surface area contributed by atoms with Crippen LogP contribution in [0.5, 0.6) is 0 Å². The molecule has 0 aliphatic carbocycles. The molecule has 3 aromatic carbocycles. The van der Waals surface area contributed by atoms with Crippen LogP contribution in [0.2, 0.25) is 5.02 Å². The number of aromatic nitrogens is 1. The Morgan fingerprint density at radius 2 is 1.76 bits per heavy atom. The van der Waals surface area contributed by atoms with E-state index in [0.717, 1.165) is 50.8 Å². The lowest BCUT2D eigenvalue weighted by molar-refractivity contribution is 0.102. The van der Waals surface area contributed by atoms with Gasteiger partial charge in [0.25, 0.3) is 5.91 Å². The van der Waals surface area contributed by atoms with Crippen molar-refractivity contribution < 1.29 is 4.79 Å². The number of nitrogens with one attached hydrogen (secondary N) is 1. The molecular weight excluding hydrogens is 452 g/mol. The zero-order valence-corrected chi connectivity index (χ0v) is 20.8. The summed E-state index contributed by atoms with van der Waals surface area (Å²) in [5.41, 5.74) is 5.33. The van der Waals surface area contributed by atoms with Crippen molar-refractivity contribution in [1.29, 1.82) is 0 Å². The summed E-state index contributed by atoms with van der Waals surface area (Å²) in [5, 5.41) is 4.68. The molecule has 0 spiro atoms.